The third kappa shape index (κ3) is 4.97. The highest BCUT2D eigenvalue weighted by Crippen LogP contribution is 2.29. The summed E-state index contributed by atoms with van der Waals surface area (Å²) in [5, 5.41) is 3.02. The number of imidazole rings is 1. The number of nitrogen functional groups attached to an aromatic ring is 1. The largest absolute Gasteiger partial charge is 0.497 e. The number of fused-ring (bicyclic) bond motifs is 1. The van der Waals surface area contributed by atoms with Crippen LogP contribution in [0.3, 0.4) is 0 Å². The fourth-order valence-corrected chi connectivity index (χ4v) is 4.25. The maximum absolute atomic E-state index is 12.7. The number of nitrogens with zero attached hydrogens (tertiary/aromatic N) is 3. The number of rotatable bonds is 9. The van der Waals surface area contributed by atoms with Crippen LogP contribution in [-0.4, -0.2) is 33.9 Å². The molecular weight excluding hydrogens is 428 g/mol. The molecular formula is C26H32N6O2. The summed E-state index contributed by atoms with van der Waals surface area (Å²) in [5.41, 5.74) is 16.5. The second kappa shape index (κ2) is 10.5. The van der Waals surface area contributed by atoms with Gasteiger partial charge >= 0.3 is 0 Å². The summed E-state index contributed by atoms with van der Waals surface area (Å²) in [6, 6.07) is 7.67. The number of hydrogen-bond acceptors (Lipinski definition) is 6. The van der Waals surface area contributed by atoms with Gasteiger partial charge in [-0.2, -0.15) is 0 Å². The van der Waals surface area contributed by atoms with Crippen molar-refractivity contribution < 1.29 is 9.53 Å². The first-order chi connectivity index (χ1) is 16.5. The standard InChI is InChI=1S/C26H32N6O2/c1-3-18(12-13-27)22-16-32-23(15-29-24(28)25(32)31-22)19-6-8-20(9-7-19)26(33)30-14-17-4-10-21(34-2)11-5-17/h4-8,10-11,15-16,18,20H,3,9,12-14,27H2,1-2H3,(H2,28,29)(H,30,33). The number of anilines is 1. The number of benzene rings is 1. The minimum absolute atomic E-state index is 0.000403. The zero-order valence-corrected chi connectivity index (χ0v) is 19.7. The van der Waals surface area contributed by atoms with Crippen LogP contribution in [0.15, 0.2) is 54.9 Å². The van der Waals surface area contributed by atoms with Crippen molar-refractivity contribution in [3.05, 3.63) is 71.8 Å². The molecule has 1 aromatic carbocycles. The van der Waals surface area contributed by atoms with Crippen molar-refractivity contribution in [2.45, 2.75) is 38.6 Å². The van der Waals surface area contributed by atoms with E-state index < -0.39 is 0 Å². The maximum atomic E-state index is 12.7. The number of carbonyl (C=O) groups is 1. The van der Waals surface area contributed by atoms with Crippen LogP contribution >= 0.6 is 0 Å². The number of aromatic nitrogens is 3. The summed E-state index contributed by atoms with van der Waals surface area (Å²) in [6.07, 6.45) is 12.2. The van der Waals surface area contributed by atoms with Gasteiger partial charge in [0.25, 0.3) is 0 Å². The molecule has 2 unspecified atom stereocenters. The van der Waals surface area contributed by atoms with Gasteiger partial charge in [0, 0.05) is 18.7 Å². The van der Waals surface area contributed by atoms with Crippen LogP contribution in [0.25, 0.3) is 11.2 Å². The molecule has 0 radical (unpaired) electrons. The van der Waals surface area contributed by atoms with Gasteiger partial charge in [-0.25, -0.2) is 9.97 Å². The van der Waals surface area contributed by atoms with E-state index in [9.17, 15) is 4.79 Å². The Labute approximate surface area is 199 Å². The molecule has 5 N–H and O–H groups in total. The molecule has 8 nitrogen and oxygen atoms in total. The van der Waals surface area contributed by atoms with Gasteiger partial charge in [0.2, 0.25) is 5.91 Å². The lowest BCUT2D eigenvalue weighted by molar-refractivity contribution is -0.123. The maximum Gasteiger partial charge on any atom is 0.227 e. The number of nitrogens with two attached hydrogens (primary N) is 2. The van der Waals surface area contributed by atoms with Crippen LogP contribution < -0.4 is 21.5 Å². The van der Waals surface area contributed by atoms with E-state index in [-0.39, 0.29) is 17.7 Å². The number of ether oxygens (including phenoxy) is 1. The Morgan fingerprint density at radius 2 is 2.12 bits per heavy atom. The second-order valence-corrected chi connectivity index (χ2v) is 8.50. The molecule has 1 aliphatic carbocycles. The van der Waals surface area contributed by atoms with Gasteiger partial charge in [-0.15, -0.1) is 0 Å². The highest BCUT2D eigenvalue weighted by Gasteiger charge is 2.21. The highest BCUT2D eigenvalue weighted by atomic mass is 16.5. The number of nitrogens with one attached hydrogen (secondary N) is 1. The van der Waals surface area contributed by atoms with Gasteiger partial charge in [0.1, 0.15) is 5.75 Å². The summed E-state index contributed by atoms with van der Waals surface area (Å²) in [5.74, 6) is 1.26. The third-order valence-electron chi connectivity index (χ3n) is 6.32. The Bertz CT molecular complexity index is 1210. The molecule has 3 aromatic rings. The monoisotopic (exact) mass is 460 g/mol. The van der Waals surface area contributed by atoms with Crippen molar-refractivity contribution in [1.29, 1.82) is 0 Å². The van der Waals surface area contributed by atoms with E-state index in [0.717, 1.165) is 41.1 Å². The summed E-state index contributed by atoms with van der Waals surface area (Å²) >= 11 is 0. The lowest BCUT2D eigenvalue weighted by Crippen LogP contribution is -2.29. The van der Waals surface area contributed by atoms with Gasteiger partial charge < -0.3 is 21.5 Å². The number of hydrogen-bond donors (Lipinski definition) is 3. The number of carbonyl (C=O) groups excluding carboxylic acids is 1. The van der Waals surface area contributed by atoms with Crippen molar-refractivity contribution in [1.82, 2.24) is 19.7 Å². The van der Waals surface area contributed by atoms with E-state index in [1.165, 1.54) is 0 Å². The SMILES string of the molecule is CCC(CCN)c1cn2c(C3=CCC(C(=O)NCc4ccc(OC)cc4)C=C3)cnc(N)c2n1. The molecule has 34 heavy (non-hydrogen) atoms. The number of methoxy groups -OCH3 is 1. The van der Waals surface area contributed by atoms with E-state index >= 15 is 0 Å². The fourth-order valence-electron chi connectivity index (χ4n) is 4.25. The van der Waals surface area contributed by atoms with Gasteiger partial charge in [-0.1, -0.05) is 37.3 Å². The van der Waals surface area contributed by atoms with Gasteiger partial charge in [-0.05, 0) is 49.1 Å². The van der Waals surface area contributed by atoms with Gasteiger partial charge in [0.15, 0.2) is 11.5 Å². The molecule has 8 heteroatoms. The first kappa shape index (κ1) is 23.5. The molecule has 0 saturated carbocycles. The van der Waals surface area contributed by atoms with Crippen molar-refractivity contribution in [3.8, 4) is 5.75 Å². The molecule has 0 aliphatic heterocycles. The Morgan fingerprint density at radius 3 is 2.76 bits per heavy atom. The molecule has 1 amide bonds. The summed E-state index contributed by atoms with van der Waals surface area (Å²) in [4.78, 5) is 21.8. The minimum Gasteiger partial charge on any atom is -0.497 e. The topological polar surface area (TPSA) is 121 Å². The molecule has 0 spiro atoms. The third-order valence-corrected chi connectivity index (χ3v) is 6.32. The number of amides is 1. The van der Waals surface area contributed by atoms with E-state index in [2.05, 4.69) is 23.3 Å². The second-order valence-electron chi connectivity index (χ2n) is 8.50. The normalized spacial score (nSPS) is 16.3. The van der Waals surface area contributed by atoms with Crippen molar-refractivity contribution in [3.63, 3.8) is 0 Å². The molecule has 4 rings (SSSR count). The van der Waals surface area contributed by atoms with E-state index in [4.69, 9.17) is 21.2 Å². The minimum atomic E-state index is -0.216. The zero-order chi connectivity index (χ0) is 24.1. The lowest BCUT2D eigenvalue weighted by atomic mass is 9.94. The summed E-state index contributed by atoms with van der Waals surface area (Å²) in [7, 11) is 1.63. The molecule has 1 aliphatic rings. The van der Waals surface area contributed by atoms with Crippen LogP contribution in [0.5, 0.6) is 5.75 Å². The lowest BCUT2D eigenvalue weighted by Gasteiger charge is -2.17. The average Bonchev–Trinajstić information content (AvgIpc) is 3.32. The van der Waals surface area contributed by atoms with E-state index in [1.807, 2.05) is 47.0 Å². The molecule has 2 aromatic heterocycles. The van der Waals surface area contributed by atoms with Crippen LogP contribution in [0.2, 0.25) is 0 Å². The molecule has 2 heterocycles. The molecule has 2 atom stereocenters. The Morgan fingerprint density at radius 1 is 1.32 bits per heavy atom. The van der Waals surface area contributed by atoms with Crippen LogP contribution in [0.4, 0.5) is 5.82 Å². The smallest absolute Gasteiger partial charge is 0.227 e. The van der Waals surface area contributed by atoms with Gasteiger partial charge in [-0.3, -0.25) is 9.20 Å². The van der Waals surface area contributed by atoms with Crippen molar-refractivity contribution in [2.75, 3.05) is 19.4 Å². The first-order valence-electron chi connectivity index (χ1n) is 11.7. The molecule has 0 fully saturated rings. The number of allylic oxidation sites excluding steroid dienone is 3. The van der Waals surface area contributed by atoms with Crippen molar-refractivity contribution in [2.24, 2.45) is 11.7 Å². The van der Waals surface area contributed by atoms with Crippen LogP contribution in [0.1, 0.15) is 49.1 Å². The predicted octanol–water partition coefficient (Wildman–Crippen LogP) is 3.44. The highest BCUT2D eigenvalue weighted by molar-refractivity contribution is 5.84. The van der Waals surface area contributed by atoms with Crippen LogP contribution in [-0.2, 0) is 11.3 Å². The summed E-state index contributed by atoms with van der Waals surface area (Å²) < 4.78 is 7.17. The Kier molecular flexibility index (Phi) is 7.27. The summed E-state index contributed by atoms with van der Waals surface area (Å²) in [6.45, 7) is 3.23. The fraction of sp³-hybridized carbons (Fsp3) is 0.346. The van der Waals surface area contributed by atoms with E-state index in [1.54, 1.807) is 13.3 Å². The molecule has 178 valence electrons. The predicted molar refractivity (Wildman–Crippen MR) is 134 cm³/mol. The van der Waals surface area contributed by atoms with Gasteiger partial charge in [0.05, 0.1) is 30.6 Å². The quantitative estimate of drug-likeness (QED) is 0.450. The zero-order valence-electron chi connectivity index (χ0n) is 19.7. The molecule has 0 bridgehead atoms. The Balaban J connectivity index is 1.46. The van der Waals surface area contributed by atoms with Crippen molar-refractivity contribution >= 4 is 22.9 Å². The van der Waals surface area contributed by atoms with Crippen LogP contribution in [0, 0.1) is 5.92 Å². The first-order valence-corrected chi connectivity index (χ1v) is 11.7. The van der Waals surface area contributed by atoms with E-state index in [0.29, 0.717) is 31.0 Å². The molecule has 0 saturated heterocycles. The average molecular weight is 461 g/mol. The Hall–Kier alpha value is -3.65.